The highest BCUT2D eigenvalue weighted by Gasteiger charge is 2.07. The Hall–Kier alpha value is -0.160. The highest BCUT2D eigenvalue weighted by molar-refractivity contribution is 4.65. The summed E-state index contributed by atoms with van der Waals surface area (Å²) in [6, 6.07) is 0.544. The van der Waals surface area contributed by atoms with Crippen molar-refractivity contribution in [3.63, 3.8) is 0 Å². The topological polar surface area (TPSA) is 33.7 Å². The van der Waals surface area contributed by atoms with E-state index in [2.05, 4.69) is 24.2 Å². The number of ether oxygens (including phenoxy) is 2. The summed E-state index contributed by atoms with van der Waals surface area (Å²) in [7, 11) is 2.14. The molecular formula is C13H30N2O2. The third-order valence-corrected chi connectivity index (χ3v) is 2.83. The molecule has 0 aromatic heterocycles. The Morgan fingerprint density at radius 1 is 1.12 bits per heavy atom. The zero-order valence-corrected chi connectivity index (χ0v) is 12.0. The summed E-state index contributed by atoms with van der Waals surface area (Å²) in [6.07, 6.45) is 1.09. The van der Waals surface area contributed by atoms with Crippen LogP contribution >= 0.6 is 0 Å². The van der Waals surface area contributed by atoms with Gasteiger partial charge in [0.2, 0.25) is 0 Å². The minimum Gasteiger partial charge on any atom is -0.382 e. The molecule has 1 atom stereocenters. The normalized spacial score (nSPS) is 13.2. The number of hydrogen-bond acceptors (Lipinski definition) is 4. The fraction of sp³-hybridized carbons (Fsp3) is 1.00. The second kappa shape index (κ2) is 12.3. The first-order valence-electron chi connectivity index (χ1n) is 6.78. The summed E-state index contributed by atoms with van der Waals surface area (Å²) >= 11 is 0. The molecular weight excluding hydrogens is 216 g/mol. The number of likely N-dealkylation sites (N-methyl/N-ethyl adjacent to an activating group) is 1. The molecule has 0 aliphatic heterocycles. The molecule has 0 spiro atoms. The summed E-state index contributed by atoms with van der Waals surface area (Å²) in [4.78, 5) is 2.32. The molecule has 0 heterocycles. The van der Waals surface area contributed by atoms with Crippen molar-refractivity contribution >= 4 is 0 Å². The fourth-order valence-electron chi connectivity index (χ4n) is 1.48. The number of rotatable bonds is 12. The Bertz CT molecular complexity index is 156. The summed E-state index contributed by atoms with van der Waals surface area (Å²) in [6.45, 7) is 12.6. The van der Waals surface area contributed by atoms with E-state index < -0.39 is 0 Å². The van der Waals surface area contributed by atoms with Gasteiger partial charge in [-0.3, -0.25) is 0 Å². The van der Waals surface area contributed by atoms with Crippen LogP contribution in [0.2, 0.25) is 0 Å². The third kappa shape index (κ3) is 10.7. The van der Waals surface area contributed by atoms with Gasteiger partial charge in [0.05, 0.1) is 6.61 Å². The van der Waals surface area contributed by atoms with Crippen LogP contribution in [0.4, 0.5) is 0 Å². The highest BCUT2D eigenvalue weighted by Crippen LogP contribution is 1.94. The Labute approximate surface area is 107 Å². The molecule has 0 fully saturated rings. The molecule has 1 N–H and O–H groups in total. The largest absolute Gasteiger partial charge is 0.382 e. The Morgan fingerprint density at radius 3 is 2.41 bits per heavy atom. The van der Waals surface area contributed by atoms with Gasteiger partial charge in [-0.15, -0.1) is 0 Å². The van der Waals surface area contributed by atoms with Crippen molar-refractivity contribution in [3.8, 4) is 0 Å². The molecule has 104 valence electrons. The van der Waals surface area contributed by atoms with Crippen molar-refractivity contribution in [1.82, 2.24) is 10.2 Å². The van der Waals surface area contributed by atoms with Gasteiger partial charge in [0.25, 0.3) is 0 Å². The second-order valence-electron chi connectivity index (χ2n) is 4.28. The zero-order chi connectivity index (χ0) is 12.9. The first kappa shape index (κ1) is 16.8. The maximum atomic E-state index is 5.35. The van der Waals surface area contributed by atoms with Crippen LogP contribution in [-0.2, 0) is 9.47 Å². The van der Waals surface area contributed by atoms with Crippen molar-refractivity contribution in [2.45, 2.75) is 33.2 Å². The van der Waals surface area contributed by atoms with Gasteiger partial charge in [-0.05, 0) is 40.8 Å². The van der Waals surface area contributed by atoms with Gasteiger partial charge in [0, 0.05) is 39.0 Å². The molecule has 0 bridgehead atoms. The number of nitrogens with one attached hydrogen (secondary N) is 1. The zero-order valence-electron chi connectivity index (χ0n) is 12.0. The quantitative estimate of drug-likeness (QED) is 0.527. The minimum absolute atomic E-state index is 0.544. The van der Waals surface area contributed by atoms with E-state index in [1.165, 1.54) is 0 Å². The van der Waals surface area contributed by atoms with Crippen LogP contribution < -0.4 is 5.32 Å². The maximum Gasteiger partial charge on any atom is 0.0593 e. The molecule has 0 amide bonds. The summed E-state index contributed by atoms with van der Waals surface area (Å²) in [5.74, 6) is 0. The molecule has 0 rings (SSSR count). The van der Waals surface area contributed by atoms with E-state index in [1.807, 2.05) is 13.8 Å². The van der Waals surface area contributed by atoms with Gasteiger partial charge in [0.15, 0.2) is 0 Å². The van der Waals surface area contributed by atoms with Crippen LogP contribution in [0.3, 0.4) is 0 Å². The fourth-order valence-corrected chi connectivity index (χ4v) is 1.48. The maximum absolute atomic E-state index is 5.35. The van der Waals surface area contributed by atoms with E-state index in [-0.39, 0.29) is 0 Å². The van der Waals surface area contributed by atoms with Crippen molar-refractivity contribution in [2.75, 3.05) is 53.1 Å². The monoisotopic (exact) mass is 246 g/mol. The van der Waals surface area contributed by atoms with E-state index in [1.54, 1.807) is 0 Å². The summed E-state index contributed by atoms with van der Waals surface area (Å²) in [5, 5.41) is 3.45. The van der Waals surface area contributed by atoms with Crippen molar-refractivity contribution in [3.05, 3.63) is 0 Å². The lowest BCUT2D eigenvalue weighted by Gasteiger charge is -2.24. The summed E-state index contributed by atoms with van der Waals surface area (Å²) < 4.78 is 10.6. The van der Waals surface area contributed by atoms with Crippen LogP contribution in [0.25, 0.3) is 0 Å². The van der Waals surface area contributed by atoms with Crippen molar-refractivity contribution in [1.29, 1.82) is 0 Å². The predicted octanol–water partition coefficient (Wildman–Crippen LogP) is 1.36. The Kier molecular flexibility index (Phi) is 12.2. The highest BCUT2D eigenvalue weighted by atomic mass is 16.5. The van der Waals surface area contributed by atoms with Gasteiger partial charge in [0.1, 0.15) is 0 Å². The molecule has 0 radical (unpaired) electrons. The number of nitrogens with zero attached hydrogens (tertiary/aromatic N) is 1. The van der Waals surface area contributed by atoms with Gasteiger partial charge < -0.3 is 19.7 Å². The predicted molar refractivity (Wildman–Crippen MR) is 72.6 cm³/mol. The third-order valence-electron chi connectivity index (χ3n) is 2.83. The molecule has 1 unspecified atom stereocenters. The minimum atomic E-state index is 0.544. The standard InChI is InChI=1S/C13H30N2O2/c1-5-16-10-7-8-14-12-13(3)15(4)9-11-17-6-2/h13-14H,5-12H2,1-4H3. The molecule has 0 aromatic carbocycles. The first-order chi connectivity index (χ1) is 8.22. The van der Waals surface area contributed by atoms with Crippen molar-refractivity contribution in [2.24, 2.45) is 0 Å². The van der Waals surface area contributed by atoms with E-state index in [0.717, 1.165) is 52.5 Å². The first-order valence-corrected chi connectivity index (χ1v) is 6.78. The van der Waals surface area contributed by atoms with E-state index in [9.17, 15) is 0 Å². The lowest BCUT2D eigenvalue weighted by molar-refractivity contribution is 0.109. The Morgan fingerprint density at radius 2 is 1.76 bits per heavy atom. The smallest absolute Gasteiger partial charge is 0.0593 e. The molecule has 0 aliphatic carbocycles. The van der Waals surface area contributed by atoms with Crippen LogP contribution in [0.15, 0.2) is 0 Å². The van der Waals surface area contributed by atoms with Crippen LogP contribution in [0, 0.1) is 0 Å². The molecule has 0 aromatic rings. The van der Waals surface area contributed by atoms with Crippen LogP contribution in [0.1, 0.15) is 27.2 Å². The van der Waals surface area contributed by atoms with Crippen molar-refractivity contribution < 1.29 is 9.47 Å². The van der Waals surface area contributed by atoms with Gasteiger partial charge in [-0.25, -0.2) is 0 Å². The molecule has 4 nitrogen and oxygen atoms in total. The number of hydrogen-bond donors (Lipinski definition) is 1. The SMILES string of the molecule is CCOCCCNCC(C)N(C)CCOCC. The molecule has 0 saturated carbocycles. The van der Waals surface area contributed by atoms with Gasteiger partial charge in [-0.2, -0.15) is 0 Å². The second-order valence-corrected chi connectivity index (χ2v) is 4.28. The summed E-state index contributed by atoms with van der Waals surface area (Å²) in [5.41, 5.74) is 0. The lowest BCUT2D eigenvalue weighted by atomic mass is 10.3. The van der Waals surface area contributed by atoms with Crippen LogP contribution in [0.5, 0.6) is 0 Å². The average Bonchev–Trinajstić information content (AvgIpc) is 2.33. The Balaban J connectivity index is 3.34. The molecule has 17 heavy (non-hydrogen) atoms. The van der Waals surface area contributed by atoms with E-state index in [0.29, 0.717) is 6.04 Å². The average molecular weight is 246 g/mol. The lowest BCUT2D eigenvalue weighted by Crippen LogP contribution is -2.39. The molecule has 0 saturated heterocycles. The van der Waals surface area contributed by atoms with E-state index >= 15 is 0 Å². The molecule has 0 aliphatic rings. The van der Waals surface area contributed by atoms with Crippen LogP contribution in [-0.4, -0.2) is 64.1 Å². The van der Waals surface area contributed by atoms with E-state index in [4.69, 9.17) is 9.47 Å². The molecule has 4 heteroatoms. The van der Waals surface area contributed by atoms with Gasteiger partial charge >= 0.3 is 0 Å². The van der Waals surface area contributed by atoms with Gasteiger partial charge in [-0.1, -0.05) is 0 Å².